The Morgan fingerprint density at radius 1 is 1.07 bits per heavy atom. The van der Waals surface area contributed by atoms with Crippen molar-refractivity contribution in [1.82, 2.24) is 29.2 Å². The minimum absolute atomic E-state index is 0.128. The predicted molar refractivity (Wildman–Crippen MR) is 172 cm³/mol. The monoisotopic (exact) mass is 631 g/mol. The molecule has 2 aliphatic heterocycles. The molecule has 2 amide bonds. The van der Waals surface area contributed by atoms with E-state index in [1.54, 1.807) is 4.90 Å². The zero-order valence-corrected chi connectivity index (χ0v) is 27.1. The van der Waals surface area contributed by atoms with Crippen molar-refractivity contribution < 1.29 is 14.3 Å². The Hall–Kier alpha value is -3.91. The van der Waals surface area contributed by atoms with Crippen molar-refractivity contribution in [3.8, 4) is 6.07 Å². The van der Waals surface area contributed by atoms with Gasteiger partial charge >= 0.3 is 6.09 Å². The maximum atomic E-state index is 13.8. The minimum atomic E-state index is -0.518. The van der Waals surface area contributed by atoms with Crippen LogP contribution < -0.4 is 0 Å². The molecule has 5 rings (SSSR count). The summed E-state index contributed by atoms with van der Waals surface area (Å²) in [7, 11) is 0. The summed E-state index contributed by atoms with van der Waals surface area (Å²) >= 11 is 6.22. The fourth-order valence-electron chi connectivity index (χ4n) is 5.88. The summed E-state index contributed by atoms with van der Waals surface area (Å²) in [5.41, 5.74) is 3.23. The van der Waals surface area contributed by atoms with Gasteiger partial charge in [-0.05, 0) is 62.6 Å². The molecule has 2 saturated heterocycles. The van der Waals surface area contributed by atoms with Crippen LogP contribution in [0, 0.1) is 11.3 Å². The van der Waals surface area contributed by atoms with Gasteiger partial charge in [0, 0.05) is 76.7 Å². The highest BCUT2D eigenvalue weighted by Crippen LogP contribution is 2.23. The molecule has 11 heteroatoms. The van der Waals surface area contributed by atoms with Crippen LogP contribution in [0.3, 0.4) is 0 Å². The lowest BCUT2D eigenvalue weighted by atomic mass is 10.1. The number of ether oxygens (including phenoxy) is 1. The second kappa shape index (κ2) is 14.5. The lowest BCUT2D eigenvalue weighted by Crippen LogP contribution is -2.52. The van der Waals surface area contributed by atoms with Crippen molar-refractivity contribution in [1.29, 1.82) is 5.26 Å². The molecule has 3 aromatic rings. The molecule has 1 atom stereocenters. The first-order valence-corrected chi connectivity index (χ1v) is 15.9. The molecule has 0 aliphatic carbocycles. The molecule has 2 fully saturated rings. The van der Waals surface area contributed by atoms with Gasteiger partial charge in [-0.2, -0.15) is 5.26 Å². The molecule has 2 aliphatic rings. The smallest absolute Gasteiger partial charge is 0.410 e. The second-order valence-corrected chi connectivity index (χ2v) is 13.2. The van der Waals surface area contributed by atoms with Crippen LogP contribution >= 0.6 is 11.6 Å². The summed E-state index contributed by atoms with van der Waals surface area (Å²) < 4.78 is 7.67. The number of imidazole rings is 1. The zero-order valence-electron chi connectivity index (χ0n) is 26.4. The van der Waals surface area contributed by atoms with Gasteiger partial charge in [0.15, 0.2) is 0 Å². The summed E-state index contributed by atoms with van der Waals surface area (Å²) in [6, 6.07) is 17.2. The number of rotatable bonds is 10. The maximum absolute atomic E-state index is 13.8. The third kappa shape index (κ3) is 8.85. The molecule has 2 aromatic carbocycles. The van der Waals surface area contributed by atoms with Crippen LogP contribution in [0.4, 0.5) is 4.79 Å². The third-order valence-corrected chi connectivity index (χ3v) is 8.53. The topological polar surface area (TPSA) is 97.9 Å². The molecule has 10 nitrogen and oxygen atoms in total. The summed E-state index contributed by atoms with van der Waals surface area (Å²) in [5, 5.41) is 9.82. The number of aromatic nitrogens is 2. The quantitative estimate of drug-likeness (QED) is 0.322. The fourth-order valence-corrected chi connectivity index (χ4v) is 6.09. The maximum Gasteiger partial charge on any atom is 0.410 e. The van der Waals surface area contributed by atoms with Gasteiger partial charge in [0.05, 0.1) is 29.7 Å². The number of hydrogen-bond donors (Lipinski definition) is 0. The van der Waals surface area contributed by atoms with Crippen LogP contribution in [-0.4, -0.2) is 98.6 Å². The summed E-state index contributed by atoms with van der Waals surface area (Å²) in [5.74, 6) is 0.128. The summed E-state index contributed by atoms with van der Waals surface area (Å²) in [4.78, 5) is 39.2. The molecule has 0 N–H and O–H groups in total. The average molecular weight is 632 g/mol. The lowest BCUT2D eigenvalue weighted by molar-refractivity contribution is -0.133. The molecule has 0 unspecified atom stereocenters. The van der Waals surface area contributed by atoms with E-state index in [0.717, 1.165) is 42.9 Å². The number of amides is 2. The van der Waals surface area contributed by atoms with E-state index in [0.29, 0.717) is 56.4 Å². The molecular weight excluding hydrogens is 590 g/mol. The van der Waals surface area contributed by atoms with Gasteiger partial charge in [-0.1, -0.05) is 35.9 Å². The normalized spacial score (nSPS) is 17.6. The van der Waals surface area contributed by atoms with E-state index in [9.17, 15) is 9.59 Å². The van der Waals surface area contributed by atoms with Crippen molar-refractivity contribution in [2.75, 3.05) is 45.8 Å². The van der Waals surface area contributed by atoms with E-state index in [1.165, 1.54) is 0 Å². The molecule has 3 heterocycles. The standard InChI is InChI=1S/C34H42ClN7O3/c1-34(2,3)45-33(44)39-16-13-38(14-17-39)15-18-40(31-11-12-41(32(31)43)23-28-5-4-6-29(35)19-28)24-30-21-37-25-42(30)22-27-9-7-26(20-36)8-10-27/h4-10,19,21,25,31H,11-18,22-24H2,1-3H3/t31-/m0/s1. The molecular formula is C34H42ClN7O3. The first-order valence-electron chi connectivity index (χ1n) is 15.5. The van der Waals surface area contributed by atoms with Crippen LogP contribution in [0.25, 0.3) is 0 Å². The van der Waals surface area contributed by atoms with E-state index in [-0.39, 0.29) is 18.0 Å². The fraction of sp³-hybridized carbons (Fsp3) is 0.471. The molecule has 0 saturated carbocycles. The Morgan fingerprint density at radius 2 is 1.82 bits per heavy atom. The molecule has 238 valence electrons. The average Bonchev–Trinajstić information content (AvgIpc) is 3.60. The van der Waals surface area contributed by atoms with Crippen LogP contribution in [0.1, 0.15) is 49.6 Å². The Bertz CT molecular complexity index is 1500. The van der Waals surface area contributed by atoms with Crippen LogP contribution in [0.2, 0.25) is 5.02 Å². The largest absolute Gasteiger partial charge is 0.444 e. The molecule has 45 heavy (non-hydrogen) atoms. The minimum Gasteiger partial charge on any atom is -0.444 e. The number of benzene rings is 2. The molecule has 0 radical (unpaired) electrons. The highest BCUT2D eigenvalue weighted by Gasteiger charge is 2.36. The zero-order chi connectivity index (χ0) is 32.0. The SMILES string of the molecule is CC(C)(C)OC(=O)N1CCN(CCN(Cc2cncn2Cc2ccc(C#N)cc2)[C@H]2CCN(Cc3cccc(Cl)c3)C2=O)CC1. The van der Waals surface area contributed by atoms with Crippen molar-refractivity contribution in [3.63, 3.8) is 0 Å². The highest BCUT2D eigenvalue weighted by atomic mass is 35.5. The van der Waals surface area contributed by atoms with Crippen molar-refractivity contribution >= 4 is 23.6 Å². The third-order valence-electron chi connectivity index (χ3n) is 8.30. The van der Waals surface area contributed by atoms with E-state index >= 15 is 0 Å². The van der Waals surface area contributed by atoms with Gasteiger partial charge < -0.3 is 19.1 Å². The Labute approximate surface area is 270 Å². The van der Waals surface area contributed by atoms with Gasteiger partial charge in [-0.3, -0.25) is 14.6 Å². The first-order chi connectivity index (χ1) is 21.6. The summed E-state index contributed by atoms with van der Waals surface area (Å²) in [6.45, 7) is 12.3. The van der Waals surface area contributed by atoms with E-state index in [4.69, 9.17) is 21.6 Å². The van der Waals surface area contributed by atoms with Crippen molar-refractivity contribution in [2.45, 2.75) is 58.5 Å². The van der Waals surface area contributed by atoms with Gasteiger partial charge in [0.1, 0.15) is 5.60 Å². The number of piperazine rings is 1. The van der Waals surface area contributed by atoms with Crippen LogP contribution in [-0.2, 0) is 29.2 Å². The van der Waals surface area contributed by atoms with E-state index in [2.05, 4.69) is 25.4 Å². The number of likely N-dealkylation sites (tertiary alicyclic amines) is 1. The number of halogens is 1. The highest BCUT2D eigenvalue weighted by molar-refractivity contribution is 6.30. The van der Waals surface area contributed by atoms with Gasteiger partial charge in [-0.15, -0.1) is 0 Å². The number of hydrogen-bond acceptors (Lipinski definition) is 7. The molecule has 0 bridgehead atoms. The first kappa shape index (κ1) is 32.5. The second-order valence-electron chi connectivity index (χ2n) is 12.8. The Morgan fingerprint density at radius 3 is 2.51 bits per heavy atom. The van der Waals surface area contributed by atoms with Gasteiger partial charge in [0.25, 0.3) is 0 Å². The van der Waals surface area contributed by atoms with Gasteiger partial charge in [0.2, 0.25) is 5.91 Å². The van der Waals surface area contributed by atoms with Crippen molar-refractivity contribution in [2.24, 2.45) is 0 Å². The number of nitrogens with zero attached hydrogens (tertiary/aromatic N) is 7. The predicted octanol–water partition coefficient (Wildman–Crippen LogP) is 4.61. The van der Waals surface area contributed by atoms with Gasteiger partial charge in [-0.25, -0.2) is 9.78 Å². The van der Waals surface area contributed by atoms with Crippen molar-refractivity contribution in [3.05, 3.63) is 88.5 Å². The molecule has 1 aromatic heterocycles. The summed E-state index contributed by atoms with van der Waals surface area (Å²) in [6.07, 6.45) is 4.18. The molecule has 0 spiro atoms. The van der Waals surface area contributed by atoms with Crippen LogP contribution in [0.15, 0.2) is 61.1 Å². The Kier molecular flexibility index (Phi) is 10.4. The van der Waals surface area contributed by atoms with E-state index < -0.39 is 5.60 Å². The Balaban J connectivity index is 1.26. The number of nitriles is 1. The van der Waals surface area contributed by atoms with E-state index in [1.807, 2.05) is 86.7 Å². The van der Waals surface area contributed by atoms with Crippen LogP contribution in [0.5, 0.6) is 0 Å². The number of carbonyl (C=O) groups is 2. The number of carbonyl (C=O) groups excluding carboxylic acids is 2. The lowest BCUT2D eigenvalue weighted by Gasteiger charge is -2.37.